The summed E-state index contributed by atoms with van der Waals surface area (Å²) in [5.74, 6) is 0.904. The second kappa shape index (κ2) is 4.69. The minimum absolute atomic E-state index is 0.144. The Hall–Kier alpha value is -2.83. The van der Waals surface area contributed by atoms with Crippen molar-refractivity contribution < 1.29 is 4.74 Å². The second-order valence-corrected chi connectivity index (χ2v) is 4.31. The zero-order valence-electron chi connectivity index (χ0n) is 10.8. The summed E-state index contributed by atoms with van der Waals surface area (Å²) in [6.45, 7) is 0.344. The summed E-state index contributed by atoms with van der Waals surface area (Å²) < 4.78 is 6.50. The molecule has 0 spiro atoms. The average molecular weight is 271 g/mol. The molecule has 20 heavy (non-hydrogen) atoms. The van der Waals surface area contributed by atoms with Crippen LogP contribution in [-0.2, 0) is 6.54 Å². The quantitative estimate of drug-likeness (QED) is 0.732. The maximum Gasteiger partial charge on any atom is 0.281 e. The number of hydrogen-bond acceptors (Lipinski definition) is 5. The van der Waals surface area contributed by atoms with Crippen LogP contribution in [-0.4, -0.2) is 26.6 Å². The first-order valence-corrected chi connectivity index (χ1v) is 6.01. The Bertz CT molecular complexity index is 804. The van der Waals surface area contributed by atoms with Crippen LogP contribution in [0.5, 0.6) is 5.75 Å². The third-order valence-electron chi connectivity index (χ3n) is 3.08. The van der Waals surface area contributed by atoms with E-state index in [0.717, 1.165) is 11.3 Å². The van der Waals surface area contributed by atoms with Crippen molar-refractivity contribution in [2.45, 2.75) is 6.54 Å². The summed E-state index contributed by atoms with van der Waals surface area (Å²) in [5.41, 5.74) is 7.21. The van der Waals surface area contributed by atoms with Crippen molar-refractivity contribution in [3.8, 4) is 5.75 Å². The molecule has 0 saturated carbocycles. The molecule has 0 bridgehead atoms. The summed E-state index contributed by atoms with van der Waals surface area (Å²) in [5, 5.41) is 0. The predicted molar refractivity (Wildman–Crippen MR) is 74.7 cm³/mol. The van der Waals surface area contributed by atoms with Gasteiger partial charge in [-0.3, -0.25) is 9.36 Å². The van der Waals surface area contributed by atoms with Crippen LogP contribution in [0.25, 0.3) is 11.2 Å². The molecule has 7 heteroatoms. The van der Waals surface area contributed by atoms with Crippen molar-refractivity contribution in [3.63, 3.8) is 0 Å². The summed E-state index contributed by atoms with van der Waals surface area (Å²) in [7, 11) is 1.60. The number of methoxy groups -OCH3 is 1. The Balaban J connectivity index is 2.03. The number of nitrogen functional groups attached to an aromatic ring is 1. The molecule has 3 aromatic rings. The van der Waals surface area contributed by atoms with Gasteiger partial charge in [0.2, 0.25) is 5.95 Å². The summed E-state index contributed by atoms with van der Waals surface area (Å²) >= 11 is 0. The van der Waals surface area contributed by atoms with Gasteiger partial charge in [-0.1, -0.05) is 12.1 Å². The highest BCUT2D eigenvalue weighted by atomic mass is 16.5. The molecule has 0 radical (unpaired) electrons. The topological polar surface area (TPSA) is 98.8 Å². The number of nitrogens with zero attached hydrogens (tertiary/aromatic N) is 3. The lowest BCUT2D eigenvalue weighted by Gasteiger charge is -2.09. The molecule has 0 amide bonds. The van der Waals surface area contributed by atoms with Crippen LogP contribution in [0.15, 0.2) is 35.4 Å². The number of aromatic nitrogens is 4. The Labute approximate surface area is 114 Å². The lowest BCUT2D eigenvalue weighted by molar-refractivity contribution is 0.414. The van der Waals surface area contributed by atoms with E-state index in [2.05, 4.69) is 15.0 Å². The number of aromatic amines is 1. The van der Waals surface area contributed by atoms with E-state index in [1.807, 2.05) is 24.3 Å². The first kappa shape index (κ1) is 12.2. The van der Waals surface area contributed by atoms with Gasteiger partial charge in [0.15, 0.2) is 11.2 Å². The molecule has 2 aromatic heterocycles. The fourth-order valence-corrected chi connectivity index (χ4v) is 2.00. The lowest BCUT2D eigenvalue weighted by atomic mass is 10.2. The molecule has 2 heterocycles. The number of benzene rings is 1. The van der Waals surface area contributed by atoms with Gasteiger partial charge >= 0.3 is 0 Å². The van der Waals surface area contributed by atoms with Gasteiger partial charge in [-0.15, -0.1) is 0 Å². The molecule has 3 rings (SSSR count). The molecule has 0 unspecified atom stereocenters. The number of rotatable bonds is 3. The van der Waals surface area contributed by atoms with Crippen molar-refractivity contribution in [2.75, 3.05) is 12.8 Å². The van der Waals surface area contributed by atoms with E-state index >= 15 is 0 Å². The maximum atomic E-state index is 12.3. The van der Waals surface area contributed by atoms with E-state index in [4.69, 9.17) is 10.5 Å². The molecule has 7 nitrogen and oxygen atoms in total. The van der Waals surface area contributed by atoms with Crippen LogP contribution in [0.4, 0.5) is 5.95 Å². The highest BCUT2D eigenvalue weighted by Gasteiger charge is 2.10. The Morgan fingerprint density at radius 2 is 2.10 bits per heavy atom. The number of nitrogens with two attached hydrogens (primary N) is 1. The molecule has 0 aliphatic rings. The van der Waals surface area contributed by atoms with Gasteiger partial charge in [0.25, 0.3) is 5.56 Å². The van der Waals surface area contributed by atoms with Gasteiger partial charge in [0.1, 0.15) is 5.75 Å². The van der Waals surface area contributed by atoms with Crippen molar-refractivity contribution in [3.05, 3.63) is 46.5 Å². The summed E-state index contributed by atoms with van der Waals surface area (Å²) in [4.78, 5) is 23.1. The number of fused-ring (bicyclic) bond motifs is 1. The van der Waals surface area contributed by atoms with Crippen molar-refractivity contribution in [1.82, 2.24) is 19.5 Å². The minimum atomic E-state index is -0.235. The predicted octanol–water partition coefficient (Wildman–Crippen LogP) is 0.759. The molecular formula is C13H13N5O2. The number of nitrogens with one attached hydrogen (secondary N) is 1. The third kappa shape index (κ3) is 1.99. The van der Waals surface area contributed by atoms with Crippen LogP contribution >= 0.6 is 0 Å². The van der Waals surface area contributed by atoms with Gasteiger partial charge in [-0.25, -0.2) is 4.98 Å². The first-order chi connectivity index (χ1) is 9.69. The largest absolute Gasteiger partial charge is 0.497 e. The van der Waals surface area contributed by atoms with E-state index in [0.29, 0.717) is 17.7 Å². The lowest BCUT2D eigenvalue weighted by Crippen LogP contribution is -2.25. The van der Waals surface area contributed by atoms with Crippen LogP contribution in [0.1, 0.15) is 5.56 Å². The molecule has 102 valence electrons. The monoisotopic (exact) mass is 271 g/mol. The highest BCUT2D eigenvalue weighted by molar-refractivity contribution is 5.69. The number of H-pyrrole nitrogens is 1. The molecule has 0 saturated heterocycles. The number of hydrogen-bond donors (Lipinski definition) is 2. The zero-order valence-corrected chi connectivity index (χ0v) is 10.8. The smallest absolute Gasteiger partial charge is 0.281 e. The van der Waals surface area contributed by atoms with E-state index in [1.54, 1.807) is 7.11 Å². The first-order valence-electron chi connectivity index (χ1n) is 6.01. The molecular weight excluding hydrogens is 258 g/mol. The summed E-state index contributed by atoms with van der Waals surface area (Å²) in [6.07, 6.45) is 1.43. The second-order valence-electron chi connectivity index (χ2n) is 4.31. The SMILES string of the molecule is COc1ccc(Cn2c(N)nc3nc[nH]c3c2=O)cc1. The van der Waals surface area contributed by atoms with E-state index in [-0.39, 0.29) is 11.5 Å². The molecule has 0 aliphatic heterocycles. The van der Waals surface area contributed by atoms with Crippen molar-refractivity contribution >= 4 is 17.1 Å². The Kier molecular flexibility index (Phi) is 2.86. The fourth-order valence-electron chi connectivity index (χ4n) is 2.00. The Morgan fingerprint density at radius 1 is 1.35 bits per heavy atom. The van der Waals surface area contributed by atoms with Crippen LogP contribution in [0.2, 0.25) is 0 Å². The van der Waals surface area contributed by atoms with Crippen LogP contribution in [0, 0.1) is 0 Å². The van der Waals surface area contributed by atoms with E-state index in [9.17, 15) is 4.79 Å². The van der Waals surface area contributed by atoms with E-state index in [1.165, 1.54) is 10.9 Å². The van der Waals surface area contributed by atoms with Crippen molar-refractivity contribution in [1.29, 1.82) is 0 Å². The average Bonchev–Trinajstić information content (AvgIpc) is 2.92. The van der Waals surface area contributed by atoms with Gasteiger partial charge < -0.3 is 15.5 Å². The zero-order chi connectivity index (χ0) is 14.1. The standard InChI is InChI=1S/C13H13N5O2/c1-20-9-4-2-8(3-5-9)6-18-12(19)10-11(16-7-15-10)17-13(18)14/h2-5,7H,6H2,1H3,(H2,14,17)(H,15,16). The number of imidazole rings is 1. The normalized spacial score (nSPS) is 10.8. The molecule has 1 aromatic carbocycles. The van der Waals surface area contributed by atoms with Crippen LogP contribution in [0.3, 0.4) is 0 Å². The Morgan fingerprint density at radius 3 is 2.80 bits per heavy atom. The molecule has 0 aliphatic carbocycles. The van der Waals surface area contributed by atoms with Crippen molar-refractivity contribution in [2.24, 2.45) is 0 Å². The van der Waals surface area contributed by atoms with Gasteiger partial charge in [0, 0.05) is 0 Å². The third-order valence-corrected chi connectivity index (χ3v) is 3.08. The van der Waals surface area contributed by atoms with Gasteiger partial charge in [-0.05, 0) is 17.7 Å². The molecule has 0 atom stereocenters. The van der Waals surface area contributed by atoms with Gasteiger partial charge in [0.05, 0.1) is 20.0 Å². The van der Waals surface area contributed by atoms with Gasteiger partial charge in [-0.2, -0.15) is 4.98 Å². The maximum absolute atomic E-state index is 12.3. The minimum Gasteiger partial charge on any atom is -0.497 e. The van der Waals surface area contributed by atoms with Crippen LogP contribution < -0.4 is 16.0 Å². The fraction of sp³-hybridized carbons (Fsp3) is 0.154. The van der Waals surface area contributed by atoms with E-state index < -0.39 is 0 Å². The number of anilines is 1. The molecule has 3 N–H and O–H groups in total. The number of ether oxygens (including phenoxy) is 1. The summed E-state index contributed by atoms with van der Waals surface area (Å²) in [6, 6.07) is 7.42. The highest BCUT2D eigenvalue weighted by Crippen LogP contribution is 2.13. The molecule has 0 fully saturated rings.